The third kappa shape index (κ3) is 3.63. The molecule has 0 spiro atoms. The fourth-order valence-electron chi connectivity index (χ4n) is 1.82. The summed E-state index contributed by atoms with van der Waals surface area (Å²) in [6, 6.07) is 10.8. The van der Waals surface area contributed by atoms with E-state index in [1.54, 1.807) is 12.1 Å². The molecule has 100 valence electrons. The van der Waals surface area contributed by atoms with Crippen molar-refractivity contribution < 1.29 is 0 Å². The van der Waals surface area contributed by atoms with Gasteiger partial charge in [-0.1, -0.05) is 56.8 Å². The first-order valence-corrected chi connectivity index (χ1v) is 7.31. The minimum atomic E-state index is -0.218. The van der Waals surface area contributed by atoms with E-state index >= 15 is 0 Å². The van der Waals surface area contributed by atoms with Gasteiger partial charge < -0.3 is 0 Å². The molecule has 0 fully saturated rings. The summed E-state index contributed by atoms with van der Waals surface area (Å²) in [5.74, 6) is 5.64. The maximum Gasteiger partial charge on any atom is 0.0711 e. The molecule has 2 nitrogen and oxygen atoms in total. The predicted molar refractivity (Wildman–Crippen MR) is 84.8 cm³/mol. The highest BCUT2D eigenvalue weighted by Gasteiger charge is 2.15. The molecule has 0 aliphatic carbocycles. The molecule has 19 heavy (non-hydrogen) atoms. The molecular formula is C13H10BrCl3N2. The van der Waals surface area contributed by atoms with Crippen LogP contribution in [-0.4, -0.2) is 0 Å². The van der Waals surface area contributed by atoms with Gasteiger partial charge in [-0.25, -0.2) is 5.43 Å². The lowest BCUT2D eigenvalue weighted by Crippen LogP contribution is -2.28. The fourth-order valence-corrected chi connectivity index (χ4v) is 3.01. The molecule has 2 aromatic carbocycles. The van der Waals surface area contributed by atoms with Crippen LogP contribution in [0.25, 0.3) is 0 Å². The highest BCUT2D eigenvalue weighted by molar-refractivity contribution is 9.10. The lowest BCUT2D eigenvalue weighted by Gasteiger charge is -2.18. The minimum Gasteiger partial charge on any atom is -0.271 e. The molecule has 3 N–H and O–H groups in total. The molecule has 0 radical (unpaired) electrons. The average Bonchev–Trinajstić information content (AvgIpc) is 2.33. The Kier molecular flexibility index (Phi) is 5.12. The van der Waals surface area contributed by atoms with Gasteiger partial charge in [0.1, 0.15) is 0 Å². The second kappa shape index (κ2) is 6.44. The second-order valence-corrected chi connectivity index (χ2v) is 6.14. The second-order valence-electron chi connectivity index (χ2n) is 3.98. The zero-order valence-electron chi connectivity index (χ0n) is 9.63. The van der Waals surface area contributed by atoms with Crippen LogP contribution < -0.4 is 11.3 Å². The van der Waals surface area contributed by atoms with Crippen molar-refractivity contribution in [1.29, 1.82) is 0 Å². The van der Waals surface area contributed by atoms with Crippen LogP contribution in [0.15, 0.2) is 40.9 Å². The SMILES string of the molecule is NNC(c1cc(Cl)cc(Br)c1)c1ccc(Cl)c(Cl)c1. The average molecular weight is 381 g/mol. The molecule has 1 atom stereocenters. The number of halogens is 4. The van der Waals surface area contributed by atoms with Crippen molar-refractivity contribution in [3.8, 4) is 0 Å². The number of rotatable bonds is 3. The van der Waals surface area contributed by atoms with Crippen LogP contribution in [-0.2, 0) is 0 Å². The summed E-state index contributed by atoms with van der Waals surface area (Å²) in [6.07, 6.45) is 0. The van der Waals surface area contributed by atoms with Crippen LogP contribution in [0.2, 0.25) is 15.1 Å². The molecule has 0 aromatic heterocycles. The molecule has 1 unspecified atom stereocenters. The van der Waals surface area contributed by atoms with E-state index in [2.05, 4.69) is 21.4 Å². The lowest BCUT2D eigenvalue weighted by atomic mass is 9.99. The predicted octanol–water partition coefficient (Wildman–Crippen LogP) is 4.96. The molecule has 0 aliphatic rings. The Morgan fingerprint density at radius 2 is 1.68 bits per heavy atom. The standard InChI is InChI=1S/C13H10BrCl3N2/c14-9-3-8(4-10(15)6-9)13(19-18)7-1-2-11(16)12(17)5-7/h1-6,13,19H,18H2. The van der Waals surface area contributed by atoms with Crippen LogP contribution in [0.4, 0.5) is 0 Å². The quantitative estimate of drug-likeness (QED) is 0.583. The smallest absolute Gasteiger partial charge is 0.0711 e. The molecular weight excluding hydrogens is 370 g/mol. The van der Waals surface area contributed by atoms with Crippen molar-refractivity contribution in [1.82, 2.24) is 5.43 Å². The Hall–Kier alpha value is -0.290. The molecule has 0 bridgehead atoms. The van der Waals surface area contributed by atoms with Gasteiger partial charge in [0, 0.05) is 9.50 Å². The van der Waals surface area contributed by atoms with Gasteiger partial charge in [-0.05, 0) is 41.5 Å². The van der Waals surface area contributed by atoms with E-state index in [0.29, 0.717) is 15.1 Å². The van der Waals surface area contributed by atoms with E-state index in [-0.39, 0.29) is 6.04 Å². The first-order valence-electron chi connectivity index (χ1n) is 5.38. The van der Waals surface area contributed by atoms with E-state index < -0.39 is 0 Å². The van der Waals surface area contributed by atoms with Gasteiger partial charge in [-0.3, -0.25) is 5.84 Å². The van der Waals surface area contributed by atoms with Gasteiger partial charge in [0.05, 0.1) is 16.1 Å². The van der Waals surface area contributed by atoms with Gasteiger partial charge in [0.15, 0.2) is 0 Å². The number of hydrogen-bond acceptors (Lipinski definition) is 2. The van der Waals surface area contributed by atoms with E-state index in [4.69, 9.17) is 40.6 Å². The summed E-state index contributed by atoms with van der Waals surface area (Å²) in [6.45, 7) is 0. The summed E-state index contributed by atoms with van der Waals surface area (Å²) in [5, 5.41) is 1.62. The molecule has 2 aromatic rings. The minimum absolute atomic E-state index is 0.218. The first kappa shape index (κ1) is 15.1. The highest BCUT2D eigenvalue weighted by atomic mass is 79.9. The Morgan fingerprint density at radius 3 is 2.26 bits per heavy atom. The topological polar surface area (TPSA) is 38.0 Å². The number of nitrogens with two attached hydrogens (primary N) is 1. The zero-order chi connectivity index (χ0) is 14.0. The largest absolute Gasteiger partial charge is 0.271 e. The molecule has 2 rings (SSSR count). The van der Waals surface area contributed by atoms with E-state index in [1.807, 2.05) is 24.3 Å². The molecule has 0 saturated heterocycles. The van der Waals surface area contributed by atoms with Gasteiger partial charge in [-0.15, -0.1) is 0 Å². The van der Waals surface area contributed by atoms with Crippen molar-refractivity contribution in [3.05, 3.63) is 67.1 Å². The third-order valence-corrected chi connectivity index (χ3v) is 4.08. The highest BCUT2D eigenvalue weighted by Crippen LogP contribution is 2.31. The Morgan fingerprint density at radius 1 is 0.947 bits per heavy atom. The van der Waals surface area contributed by atoms with Crippen molar-refractivity contribution in [2.75, 3.05) is 0 Å². The number of hydrazine groups is 1. The number of nitrogens with one attached hydrogen (secondary N) is 1. The van der Waals surface area contributed by atoms with Crippen molar-refractivity contribution in [3.63, 3.8) is 0 Å². The molecule has 6 heteroatoms. The summed E-state index contributed by atoms with van der Waals surface area (Å²) < 4.78 is 0.885. The van der Waals surface area contributed by atoms with Crippen LogP contribution in [0.3, 0.4) is 0 Å². The van der Waals surface area contributed by atoms with Crippen molar-refractivity contribution >= 4 is 50.7 Å². The molecule has 0 saturated carbocycles. The molecule has 0 aliphatic heterocycles. The van der Waals surface area contributed by atoms with Crippen LogP contribution in [0.1, 0.15) is 17.2 Å². The Labute approximate surface area is 134 Å². The lowest BCUT2D eigenvalue weighted by molar-refractivity contribution is 0.637. The first-order chi connectivity index (χ1) is 9.01. The summed E-state index contributed by atoms with van der Waals surface area (Å²) in [5.41, 5.74) is 4.59. The maximum absolute atomic E-state index is 6.05. The van der Waals surface area contributed by atoms with Gasteiger partial charge in [-0.2, -0.15) is 0 Å². The third-order valence-electron chi connectivity index (χ3n) is 2.66. The van der Waals surface area contributed by atoms with Crippen molar-refractivity contribution in [2.45, 2.75) is 6.04 Å². The maximum atomic E-state index is 6.05. The normalized spacial score (nSPS) is 12.5. The van der Waals surface area contributed by atoms with Gasteiger partial charge in [0.25, 0.3) is 0 Å². The Bertz CT molecular complexity index is 584. The monoisotopic (exact) mass is 378 g/mol. The Balaban J connectivity index is 2.46. The van der Waals surface area contributed by atoms with Crippen LogP contribution in [0.5, 0.6) is 0 Å². The van der Waals surface area contributed by atoms with Gasteiger partial charge in [0.2, 0.25) is 0 Å². The zero-order valence-corrected chi connectivity index (χ0v) is 13.5. The number of hydrogen-bond donors (Lipinski definition) is 2. The summed E-state index contributed by atoms with van der Waals surface area (Å²) in [4.78, 5) is 0. The van der Waals surface area contributed by atoms with E-state index in [9.17, 15) is 0 Å². The van der Waals surface area contributed by atoms with Crippen LogP contribution >= 0.6 is 50.7 Å². The fraction of sp³-hybridized carbons (Fsp3) is 0.0769. The summed E-state index contributed by atoms with van der Waals surface area (Å²) >= 11 is 21.4. The summed E-state index contributed by atoms with van der Waals surface area (Å²) in [7, 11) is 0. The van der Waals surface area contributed by atoms with Gasteiger partial charge >= 0.3 is 0 Å². The molecule has 0 heterocycles. The van der Waals surface area contributed by atoms with E-state index in [1.165, 1.54) is 0 Å². The van der Waals surface area contributed by atoms with Crippen molar-refractivity contribution in [2.24, 2.45) is 5.84 Å². The molecule has 0 amide bonds. The number of benzene rings is 2. The van der Waals surface area contributed by atoms with Crippen LogP contribution in [0, 0.1) is 0 Å². The van der Waals surface area contributed by atoms with E-state index in [0.717, 1.165) is 15.6 Å².